The van der Waals surface area contributed by atoms with Crippen molar-refractivity contribution in [1.82, 2.24) is 0 Å². The number of para-hydroxylation sites is 2. The van der Waals surface area contributed by atoms with E-state index in [0.717, 1.165) is 5.69 Å². The van der Waals surface area contributed by atoms with Crippen molar-refractivity contribution in [3.05, 3.63) is 132 Å². The van der Waals surface area contributed by atoms with Crippen LogP contribution in [0.1, 0.15) is 21.5 Å². The Morgan fingerprint density at radius 2 is 1.26 bits per heavy atom. The van der Waals surface area contributed by atoms with Crippen molar-refractivity contribution >= 4 is 17.2 Å². The number of Topliss-reactive ketones (excluding diaryl/α,β-unsaturated/α-hetero) is 1. The first-order valence-corrected chi connectivity index (χ1v) is 10.2. The molecule has 152 valence electrons. The van der Waals surface area contributed by atoms with Crippen molar-refractivity contribution in [3.8, 4) is 0 Å². The van der Waals surface area contributed by atoms with Gasteiger partial charge in [0, 0.05) is 22.5 Å². The van der Waals surface area contributed by atoms with Crippen LogP contribution in [-0.4, -0.2) is 16.6 Å². The third-order valence-electron chi connectivity index (χ3n) is 5.86. The fraction of sp³-hybridized carbons (Fsp3) is 0.0741. The maximum Gasteiger partial charge on any atom is 0.212 e. The summed E-state index contributed by atoms with van der Waals surface area (Å²) in [6, 6.07) is 35.4. The third-order valence-corrected chi connectivity index (χ3v) is 5.86. The Morgan fingerprint density at radius 1 is 0.710 bits per heavy atom. The van der Waals surface area contributed by atoms with Crippen LogP contribution in [0.4, 0.5) is 11.4 Å². The van der Waals surface area contributed by atoms with Crippen LogP contribution in [0.15, 0.2) is 115 Å². The summed E-state index contributed by atoms with van der Waals surface area (Å²) in [5.74, 6) is -0.250. The van der Waals surface area contributed by atoms with Gasteiger partial charge in [-0.05, 0) is 23.8 Å². The van der Waals surface area contributed by atoms with E-state index in [9.17, 15) is 9.90 Å². The highest BCUT2D eigenvalue weighted by Gasteiger charge is 2.63. The highest BCUT2D eigenvalue weighted by atomic mass is 16.3. The predicted molar refractivity (Wildman–Crippen MR) is 123 cm³/mol. The lowest BCUT2D eigenvalue weighted by molar-refractivity contribution is 0.0283. The Kier molecular flexibility index (Phi) is 4.57. The van der Waals surface area contributed by atoms with E-state index in [1.165, 1.54) is 0 Å². The largest absolute Gasteiger partial charge is 0.375 e. The van der Waals surface area contributed by atoms with E-state index in [0.29, 0.717) is 22.4 Å². The van der Waals surface area contributed by atoms with Crippen molar-refractivity contribution in [2.24, 2.45) is 0 Å². The fourth-order valence-electron chi connectivity index (χ4n) is 4.40. The van der Waals surface area contributed by atoms with Crippen molar-refractivity contribution < 1.29 is 9.90 Å². The number of hydrogen-bond donors (Lipinski definition) is 3. The SMILES string of the molecule is O=C(c1ccccc1)C1(Nc2ccccc2)Nc2ccccc2C1(O)c1ccccc1. The van der Waals surface area contributed by atoms with Crippen molar-refractivity contribution in [1.29, 1.82) is 0 Å². The first-order valence-electron chi connectivity index (χ1n) is 10.2. The number of hydrogen-bond acceptors (Lipinski definition) is 4. The van der Waals surface area contributed by atoms with Gasteiger partial charge < -0.3 is 15.7 Å². The summed E-state index contributed by atoms with van der Waals surface area (Å²) in [5, 5.41) is 19.2. The molecule has 0 radical (unpaired) electrons. The molecule has 2 atom stereocenters. The quantitative estimate of drug-likeness (QED) is 0.407. The number of rotatable bonds is 5. The van der Waals surface area contributed by atoms with E-state index in [4.69, 9.17) is 0 Å². The molecule has 5 rings (SSSR count). The molecule has 0 bridgehead atoms. The van der Waals surface area contributed by atoms with Gasteiger partial charge in [0.1, 0.15) is 0 Å². The van der Waals surface area contributed by atoms with Crippen LogP contribution in [0.25, 0.3) is 0 Å². The molecule has 1 aliphatic heterocycles. The fourth-order valence-corrected chi connectivity index (χ4v) is 4.40. The van der Waals surface area contributed by atoms with E-state index < -0.39 is 11.3 Å². The molecule has 4 heteroatoms. The molecule has 4 nitrogen and oxygen atoms in total. The summed E-state index contributed by atoms with van der Waals surface area (Å²) < 4.78 is 0. The Morgan fingerprint density at radius 3 is 1.94 bits per heavy atom. The molecule has 1 aliphatic rings. The number of nitrogens with one attached hydrogen (secondary N) is 2. The van der Waals surface area contributed by atoms with Crippen molar-refractivity contribution in [2.75, 3.05) is 10.6 Å². The average Bonchev–Trinajstić information content (AvgIpc) is 3.10. The summed E-state index contributed by atoms with van der Waals surface area (Å²) in [7, 11) is 0. The molecule has 0 saturated heterocycles. The summed E-state index contributed by atoms with van der Waals surface area (Å²) in [6.45, 7) is 0. The second-order valence-corrected chi connectivity index (χ2v) is 7.68. The van der Waals surface area contributed by atoms with Crippen molar-refractivity contribution in [3.63, 3.8) is 0 Å². The number of anilines is 2. The number of carbonyl (C=O) groups excluding carboxylic acids is 1. The highest BCUT2D eigenvalue weighted by molar-refractivity contribution is 6.09. The number of fused-ring (bicyclic) bond motifs is 1. The van der Waals surface area contributed by atoms with Gasteiger partial charge in [0.05, 0.1) is 0 Å². The van der Waals surface area contributed by atoms with Gasteiger partial charge in [-0.15, -0.1) is 0 Å². The molecule has 4 aromatic carbocycles. The summed E-state index contributed by atoms with van der Waals surface area (Å²) in [6.07, 6.45) is 0. The van der Waals surface area contributed by atoms with Crippen LogP contribution >= 0.6 is 0 Å². The predicted octanol–water partition coefficient (Wildman–Crippen LogP) is 5.04. The minimum atomic E-state index is -1.66. The summed E-state index contributed by atoms with van der Waals surface area (Å²) >= 11 is 0. The number of aliphatic hydroxyl groups is 1. The molecule has 4 aromatic rings. The van der Waals surface area contributed by atoms with Crippen LogP contribution in [0, 0.1) is 0 Å². The minimum absolute atomic E-state index is 0.250. The third kappa shape index (κ3) is 2.92. The van der Waals surface area contributed by atoms with E-state index in [1.54, 1.807) is 12.1 Å². The smallest absolute Gasteiger partial charge is 0.212 e. The highest BCUT2D eigenvalue weighted by Crippen LogP contribution is 2.51. The zero-order chi connectivity index (χ0) is 21.3. The van der Waals surface area contributed by atoms with Gasteiger partial charge in [0.25, 0.3) is 0 Å². The Hall–Kier alpha value is -3.89. The molecule has 0 amide bonds. The molecule has 1 heterocycles. The molecule has 2 unspecified atom stereocenters. The van der Waals surface area contributed by atoms with Gasteiger partial charge in [-0.1, -0.05) is 97.1 Å². The second kappa shape index (κ2) is 7.42. The van der Waals surface area contributed by atoms with E-state index in [2.05, 4.69) is 10.6 Å². The van der Waals surface area contributed by atoms with Gasteiger partial charge >= 0.3 is 0 Å². The normalized spacial score (nSPS) is 21.7. The Labute approximate surface area is 181 Å². The van der Waals surface area contributed by atoms with Gasteiger partial charge in [-0.25, -0.2) is 0 Å². The van der Waals surface area contributed by atoms with Gasteiger partial charge in [-0.2, -0.15) is 0 Å². The molecule has 0 aromatic heterocycles. The zero-order valence-corrected chi connectivity index (χ0v) is 16.8. The lowest BCUT2D eigenvalue weighted by Crippen LogP contribution is -2.64. The average molecular weight is 406 g/mol. The monoisotopic (exact) mass is 406 g/mol. The minimum Gasteiger partial charge on any atom is -0.375 e. The number of ketones is 1. The molecular weight excluding hydrogens is 384 g/mol. The number of carbonyl (C=O) groups is 1. The topological polar surface area (TPSA) is 61.4 Å². The van der Waals surface area contributed by atoms with Gasteiger partial charge in [0.2, 0.25) is 11.4 Å². The Bertz CT molecular complexity index is 1210. The van der Waals surface area contributed by atoms with Crippen LogP contribution in [0.5, 0.6) is 0 Å². The van der Waals surface area contributed by atoms with Crippen LogP contribution in [0.3, 0.4) is 0 Å². The first-order chi connectivity index (χ1) is 15.1. The lowest BCUT2D eigenvalue weighted by atomic mass is 9.75. The lowest BCUT2D eigenvalue weighted by Gasteiger charge is -2.42. The molecule has 3 N–H and O–H groups in total. The maximum atomic E-state index is 14.1. The second-order valence-electron chi connectivity index (χ2n) is 7.68. The molecule has 0 aliphatic carbocycles. The Balaban J connectivity index is 1.79. The summed E-state index contributed by atoms with van der Waals surface area (Å²) in [4.78, 5) is 14.1. The number of benzene rings is 4. The van der Waals surface area contributed by atoms with Crippen molar-refractivity contribution in [2.45, 2.75) is 11.3 Å². The first kappa shape index (κ1) is 19.1. The van der Waals surface area contributed by atoms with Gasteiger partial charge in [-0.3, -0.25) is 4.79 Å². The molecule has 0 fully saturated rings. The zero-order valence-electron chi connectivity index (χ0n) is 16.8. The molecular formula is C27H22N2O2. The maximum absolute atomic E-state index is 14.1. The molecule has 0 spiro atoms. The molecule has 0 saturated carbocycles. The van der Waals surface area contributed by atoms with Gasteiger partial charge in [0.15, 0.2) is 5.60 Å². The van der Waals surface area contributed by atoms with E-state index in [-0.39, 0.29) is 5.78 Å². The standard InChI is InChI=1S/C27H22N2O2/c30-25(20-12-4-1-5-13-20)27(28-22-16-8-3-9-17-22)26(31,21-14-6-2-7-15-21)23-18-10-11-19-24(23)29-27/h1-19,28-29,31H. The van der Waals surface area contributed by atoms with E-state index >= 15 is 0 Å². The molecule has 31 heavy (non-hydrogen) atoms. The summed E-state index contributed by atoms with van der Waals surface area (Å²) in [5.41, 5.74) is -0.00774. The van der Waals surface area contributed by atoms with E-state index in [1.807, 2.05) is 103 Å². The van der Waals surface area contributed by atoms with Crippen LogP contribution in [-0.2, 0) is 5.60 Å². The van der Waals surface area contributed by atoms with Crippen LogP contribution in [0.2, 0.25) is 0 Å². The van der Waals surface area contributed by atoms with Crippen LogP contribution < -0.4 is 10.6 Å².